The van der Waals surface area contributed by atoms with Crippen molar-refractivity contribution in [2.45, 2.75) is 23.1 Å². The molecule has 0 N–H and O–H groups in total. The number of hydrogen-bond acceptors (Lipinski definition) is 4. The second-order valence-electron chi connectivity index (χ2n) is 4.70. The normalized spacial score (nSPS) is 16.2. The molecule has 1 aromatic carbocycles. The number of fused-ring (bicyclic) bond motifs is 1. The fourth-order valence-electron chi connectivity index (χ4n) is 1.84. The third-order valence-corrected chi connectivity index (χ3v) is 5.37. The molecule has 1 heterocycles. The highest BCUT2D eigenvalue weighted by Gasteiger charge is 2.23. The van der Waals surface area contributed by atoms with Crippen molar-refractivity contribution < 1.29 is 17.9 Å². The van der Waals surface area contributed by atoms with Gasteiger partial charge in [-0.15, -0.1) is 0 Å². The van der Waals surface area contributed by atoms with Gasteiger partial charge in [-0.05, 0) is 18.6 Å². The summed E-state index contributed by atoms with van der Waals surface area (Å²) in [6.07, 6.45) is 0.750. The third-order valence-electron chi connectivity index (χ3n) is 3.06. The maximum atomic E-state index is 12.4. The fraction of sp³-hybridized carbons (Fsp3) is 0.538. The second kappa shape index (κ2) is 6.32. The molecule has 0 saturated heterocycles. The van der Waals surface area contributed by atoms with E-state index in [0.717, 1.165) is 6.42 Å². The van der Waals surface area contributed by atoms with E-state index < -0.39 is 10.0 Å². The topological polar surface area (TPSA) is 55.8 Å². The molecule has 2 rings (SSSR count). The largest absolute Gasteiger partial charge is 0.486 e. The van der Waals surface area contributed by atoms with E-state index in [1.165, 1.54) is 10.4 Å². The molecule has 7 heteroatoms. The van der Waals surface area contributed by atoms with Gasteiger partial charge in [0.15, 0.2) is 11.5 Å². The molecule has 1 aliphatic heterocycles. The van der Waals surface area contributed by atoms with Crippen LogP contribution < -0.4 is 9.47 Å². The number of hydrogen-bond donors (Lipinski definition) is 0. The standard InChI is InChI=1S/C13H18BrNO4S/c1-10(14)5-6-15(2)20(16,17)11-3-4-12-13(9-11)19-8-7-18-12/h3-4,9-10H,5-8H2,1-2H3. The van der Waals surface area contributed by atoms with Crippen LogP contribution >= 0.6 is 15.9 Å². The Morgan fingerprint density at radius 1 is 1.30 bits per heavy atom. The van der Waals surface area contributed by atoms with Gasteiger partial charge in [0, 0.05) is 24.5 Å². The molecule has 0 aromatic heterocycles. The zero-order chi connectivity index (χ0) is 14.8. The zero-order valence-corrected chi connectivity index (χ0v) is 13.9. The van der Waals surface area contributed by atoms with Gasteiger partial charge >= 0.3 is 0 Å². The molecule has 0 spiro atoms. The molecule has 0 saturated carbocycles. The summed E-state index contributed by atoms with van der Waals surface area (Å²) in [5, 5.41) is 0. The number of ether oxygens (including phenoxy) is 2. The van der Waals surface area contributed by atoms with Crippen molar-refractivity contribution >= 4 is 26.0 Å². The molecular weight excluding hydrogens is 346 g/mol. The maximum Gasteiger partial charge on any atom is 0.242 e. The lowest BCUT2D eigenvalue weighted by atomic mass is 10.3. The molecule has 0 bridgehead atoms. The average Bonchev–Trinajstić information content (AvgIpc) is 2.44. The lowest BCUT2D eigenvalue weighted by Gasteiger charge is -2.21. The van der Waals surface area contributed by atoms with E-state index in [2.05, 4.69) is 15.9 Å². The van der Waals surface area contributed by atoms with Gasteiger partial charge in [-0.3, -0.25) is 0 Å². The van der Waals surface area contributed by atoms with Crippen molar-refractivity contribution in [1.82, 2.24) is 4.31 Å². The maximum absolute atomic E-state index is 12.4. The molecule has 1 aliphatic rings. The van der Waals surface area contributed by atoms with E-state index >= 15 is 0 Å². The molecule has 0 radical (unpaired) electrons. The summed E-state index contributed by atoms with van der Waals surface area (Å²) >= 11 is 3.42. The van der Waals surface area contributed by atoms with Crippen molar-refractivity contribution in [3.8, 4) is 11.5 Å². The van der Waals surface area contributed by atoms with Crippen molar-refractivity contribution in [3.63, 3.8) is 0 Å². The highest BCUT2D eigenvalue weighted by Crippen LogP contribution is 2.33. The monoisotopic (exact) mass is 363 g/mol. The predicted molar refractivity (Wildman–Crippen MR) is 80.3 cm³/mol. The Hall–Kier alpha value is -0.790. The molecule has 1 unspecified atom stereocenters. The third kappa shape index (κ3) is 3.45. The van der Waals surface area contributed by atoms with Crippen LogP contribution in [0.4, 0.5) is 0 Å². The summed E-state index contributed by atoms with van der Waals surface area (Å²) in [6.45, 7) is 3.38. The molecule has 5 nitrogen and oxygen atoms in total. The van der Waals surface area contributed by atoms with Crippen LogP contribution in [0.15, 0.2) is 23.1 Å². The fourth-order valence-corrected chi connectivity index (χ4v) is 3.25. The Morgan fingerprint density at radius 2 is 1.95 bits per heavy atom. The van der Waals surface area contributed by atoms with Gasteiger partial charge in [-0.2, -0.15) is 0 Å². The van der Waals surface area contributed by atoms with Crippen molar-refractivity contribution in [1.29, 1.82) is 0 Å². The minimum Gasteiger partial charge on any atom is -0.486 e. The molecule has 0 amide bonds. The van der Waals surface area contributed by atoms with Crippen LogP contribution in [0.5, 0.6) is 11.5 Å². The Balaban J connectivity index is 2.20. The van der Waals surface area contributed by atoms with Crippen LogP contribution in [-0.2, 0) is 10.0 Å². The highest BCUT2D eigenvalue weighted by molar-refractivity contribution is 9.09. The summed E-state index contributed by atoms with van der Waals surface area (Å²) in [5.41, 5.74) is 0. The van der Waals surface area contributed by atoms with Gasteiger partial charge in [-0.25, -0.2) is 12.7 Å². The number of halogens is 1. The van der Waals surface area contributed by atoms with Gasteiger partial charge in [0.25, 0.3) is 0 Å². The molecule has 112 valence electrons. The Kier molecular flexibility index (Phi) is 4.93. The lowest BCUT2D eigenvalue weighted by molar-refractivity contribution is 0.171. The van der Waals surface area contributed by atoms with E-state index in [-0.39, 0.29) is 9.72 Å². The van der Waals surface area contributed by atoms with Crippen LogP contribution in [0.2, 0.25) is 0 Å². The van der Waals surface area contributed by atoms with Gasteiger partial charge < -0.3 is 9.47 Å². The number of rotatable bonds is 5. The average molecular weight is 364 g/mol. The SMILES string of the molecule is CC(Br)CCN(C)S(=O)(=O)c1ccc2c(c1)OCCO2. The predicted octanol–water partition coefficient (Wildman–Crippen LogP) is 2.25. The molecule has 1 aromatic rings. The van der Waals surface area contributed by atoms with E-state index in [1.807, 2.05) is 6.92 Å². The molecule has 0 aliphatic carbocycles. The lowest BCUT2D eigenvalue weighted by Crippen LogP contribution is -2.29. The Labute approximate surface area is 128 Å². The molecular formula is C13H18BrNO4S. The summed E-state index contributed by atoms with van der Waals surface area (Å²) in [7, 11) is -1.91. The number of sulfonamides is 1. The molecule has 20 heavy (non-hydrogen) atoms. The minimum atomic E-state index is -3.49. The zero-order valence-electron chi connectivity index (χ0n) is 11.5. The molecule has 1 atom stereocenters. The smallest absolute Gasteiger partial charge is 0.242 e. The van der Waals surface area contributed by atoms with E-state index in [1.54, 1.807) is 19.2 Å². The summed E-state index contributed by atoms with van der Waals surface area (Å²) in [5.74, 6) is 1.08. The van der Waals surface area contributed by atoms with Gasteiger partial charge in [0.05, 0.1) is 4.90 Å². The molecule has 0 fully saturated rings. The van der Waals surface area contributed by atoms with Gasteiger partial charge in [0.1, 0.15) is 13.2 Å². The first-order valence-corrected chi connectivity index (χ1v) is 8.77. The van der Waals surface area contributed by atoms with Crippen LogP contribution in [0.3, 0.4) is 0 Å². The summed E-state index contributed by atoms with van der Waals surface area (Å²) in [4.78, 5) is 0.506. The summed E-state index contributed by atoms with van der Waals surface area (Å²) in [6, 6.07) is 4.72. The first kappa shape index (κ1) is 15.6. The van der Waals surface area contributed by atoms with Crippen LogP contribution in [-0.4, -0.2) is 44.4 Å². The van der Waals surface area contributed by atoms with E-state index in [9.17, 15) is 8.42 Å². The number of alkyl halides is 1. The Bertz CT molecular complexity index is 574. The van der Waals surface area contributed by atoms with E-state index in [0.29, 0.717) is 31.3 Å². The second-order valence-corrected chi connectivity index (χ2v) is 8.31. The van der Waals surface area contributed by atoms with Crippen molar-refractivity contribution in [2.75, 3.05) is 26.8 Å². The van der Waals surface area contributed by atoms with Gasteiger partial charge in [-0.1, -0.05) is 22.9 Å². The first-order valence-electron chi connectivity index (χ1n) is 6.41. The quantitative estimate of drug-likeness (QED) is 0.752. The van der Waals surface area contributed by atoms with Crippen molar-refractivity contribution in [3.05, 3.63) is 18.2 Å². The minimum absolute atomic E-state index is 0.228. The Morgan fingerprint density at radius 3 is 2.60 bits per heavy atom. The number of benzene rings is 1. The highest BCUT2D eigenvalue weighted by atomic mass is 79.9. The van der Waals surface area contributed by atoms with Crippen LogP contribution in [0, 0.1) is 0 Å². The number of nitrogens with zero attached hydrogens (tertiary/aromatic N) is 1. The van der Waals surface area contributed by atoms with Crippen molar-refractivity contribution in [2.24, 2.45) is 0 Å². The van der Waals surface area contributed by atoms with E-state index in [4.69, 9.17) is 9.47 Å². The summed E-state index contributed by atoms with van der Waals surface area (Å²) < 4.78 is 37.1. The van der Waals surface area contributed by atoms with Gasteiger partial charge in [0.2, 0.25) is 10.0 Å². The van der Waals surface area contributed by atoms with Crippen LogP contribution in [0.25, 0.3) is 0 Å². The first-order chi connectivity index (χ1) is 9.41. The van der Waals surface area contributed by atoms with Crippen LogP contribution in [0.1, 0.15) is 13.3 Å².